The average Bonchev–Trinajstić information content (AvgIpc) is 3.13. The van der Waals surface area contributed by atoms with E-state index in [1.807, 2.05) is 49.4 Å². The van der Waals surface area contributed by atoms with Crippen LogP contribution < -0.4 is 5.32 Å². The molecule has 2 aromatic carbocycles. The molecule has 3 aromatic rings. The largest absolute Gasteiger partial charge is 0.355 e. The molecular weight excluding hydrogens is 436 g/mol. The normalized spacial score (nSPS) is 10.8. The van der Waals surface area contributed by atoms with Crippen molar-refractivity contribution in [3.8, 4) is 11.4 Å². The van der Waals surface area contributed by atoms with Crippen molar-refractivity contribution in [3.05, 3.63) is 64.6 Å². The highest BCUT2D eigenvalue weighted by Crippen LogP contribution is 2.25. The van der Waals surface area contributed by atoms with E-state index >= 15 is 0 Å². The van der Waals surface area contributed by atoms with E-state index in [9.17, 15) is 4.79 Å². The molecule has 0 aliphatic carbocycles. The number of carbonyl (C=O) groups is 1. The molecule has 3 rings (SSSR count). The van der Waals surface area contributed by atoms with Gasteiger partial charge >= 0.3 is 0 Å². The monoisotopic (exact) mass is 458 g/mol. The number of benzene rings is 2. The van der Waals surface area contributed by atoms with E-state index in [1.54, 1.807) is 0 Å². The summed E-state index contributed by atoms with van der Waals surface area (Å²) in [5.74, 6) is 1.18. The smallest absolute Gasteiger partial charge is 0.230 e. The molecule has 0 spiro atoms. The number of hydrogen-bond acceptors (Lipinski definition) is 4. The van der Waals surface area contributed by atoms with Gasteiger partial charge in [-0.15, -0.1) is 10.2 Å². The van der Waals surface area contributed by atoms with Crippen molar-refractivity contribution in [1.82, 2.24) is 20.1 Å². The minimum absolute atomic E-state index is 0.0228. The zero-order valence-corrected chi connectivity index (χ0v) is 18.2. The van der Waals surface area contributed by atoms with Gasteiger partial charge in [-0.05, 0) is 30.5 Å². The number of aromatic nitrogens is 3. The molecule has 0 atom stereocenters. The first-order valence-corrected chi connectivity index (χ1v) is 11.1. The summed E-state index contributed by atoms with van der Waals surface area (Å²) in [6.07, 6.45) is 1.80. The van der Waals surface area contributed by atoms with Gasteiger partial charge in [-0.3, -0.25) is 4.79 Å². The predicted molar refractivity (Wildman–Crippen MR) is 117 cm³/mol. The number of halogens is 1. The van der Waals surface area contributed by atoms with Gasteiger partial charge in [0.2, 0.25) is 5.91 Å². The van der Waals surface area contributed by atoms with Crippen molar-refractivity contribution in [3.63, 3.8) is 0 Å². The molecule has 5 nitrogen and oxygen atoms in total. The summed E-state index contributed by atoms with van der Waals surface area (Å²) in [7, 11) is 0. The van der Waals surface area contributed by atoms with Crippen LogP contribution >= 0.6 is 27.7 Å². The van der Waals surface area contributed by atoms with Crippen LogP contribution in [0.25, 0.3) is 11.4 Å². The summed E-state index contributed by atoms with van der Waals surface area (Å²) in [6, 6.07) is 18.4. The van der Waals surface area contributed by atoms with Gasteiger partial charge in [0.05, 0.1) is 5.75 Å². The lowest BCUT2D eigenvalue weighted by Gasteiger charge is -2.11. The first-order valence-electron chi connectivity index (χ1n) is 9.30. The molecule has 28 heavy (non-hydrogen) atoms. The van der Waals surface area contributed by atoms with Crippen molar-refractivity contribution in [2.24, 2.45) is 0 Å². The van der Waals surface area contributed by atoms with E-state index < -0.39 is 0 Å². The average molecular weight is 459 g/mol. The number of nitrogens with one attached hydrogen (secondary N) is 1. The maximum atomic E-state index is 12.0. The van der Waals surface area contributed by atoms with Crippen molar-refractivity contribution in [2.75, 3.05) is 12.3 Å². The summed E-state index contributed by atoms with van der Waals surface area (Å²) in [5.41, 5.74) is 2.26. The first-order chi connectivity index (χ1) is 13.7. The van der Waals surface area contributed by atoms with Gasteiger partial charge in [0.1, 0.15) is 0 Å². The molecule has 0 bridgehead atoms. The number of aryl methyl sites for hydroxylation is 1. The van der Waals surface area contributed by atoms with E-state index in [4.69, 9.17) is 0 Å². The lowest BCUT2D eigenvalue weighted by atomic mass is 10.1. The van der Waals surface area contributed by atoms with Gasteiger partial charge in [0, 0.05) is 23.1 Å². The molecule has 146 valence electrons. The van der Waals surface area contributed by atoms with Crippen LogP contribution in [0.15, 0.2) is 64.2 Å². The fraction of sp³-hybridized carbons (Fsp3) is 0.286. The molecule has 0 aliphatic rings. The summed E-state index contributed by atoms with van der Waals surface area (Å²) in [4.78, 5) is 12.0. The van der Waals surface area contributed by atoms with Crippen LogP contribution in [0.3, 0.4) is 0 Å². The third-order valence-electron chi connectivity index (χ3n) is 4.19. The molecule has 0 radical (unpaired) electrons. The van der Waals surface area contributed by atoms with Gasteiger partial charge in [0.25, 0.3) is 0 Å². The summed E-state index contributed by atoms with van der Waals surface area (Å²) in [5, 5.41) is 12.4. The molecular formula is C21H23BrN4OS. The van der Waals surface area contributed by atoms with E-state index in [0.717, 1.165) is 40.4 Å². The Labute approximate surface area is 178 Å². The second-order valence-electron chi connectivity index (χ2n) is 6.34. The van der Waals surface area contributed by atoms with Gasteiger partial charge in [-0.2, -0.15) is 0 Å². The highest BCUT2D eigenvalue weighted by molar-refractivity contribution is 9.10. The third kappa shape index (κ3) is 5.69. The Kier molecular flexibility index (Phi) is 7.68. The maximum absolute atomic E-state index is 12.0. The molecule has 1 heterocycles. The Bertz CT molecular complexity index is 897. The molecule has 1 amide bonds. The molecule has 1 N–H and O–H groups in total. The SMILES string of the molecule is CCCNC(=O)CSc1nnc(-c2ccc(Br)cc2)n1CCc1ccccc1. The molecule has 0 saturated heterocycles. The quantitative estimate of drug-likeness (QED) is 0.477. The van der Waals surface area contributed by atoms with Crippen LogP contribution in [-0.2, 0) is 17.8 Å². The topological polar surface area (TPSA) is 59.8 Å². The van der Waals surface area contributed by atoms with E-state index in [1.165, 1.54) is 17.3 Å². The Morgan fingerprint density at radius 1 is 1.11 bits per heavy atom. The van der Waals surface area contributed by atoms with Gasteiger partial charge in [-0.25, -0.2) is 0 Å². The lowest BCUT2D eigenvalue weighted by molar-refractivity contribution is -0.118. The van der Waals surface area contributed by atoms with E-state index in [-0.39, 0.29) is 5.91 Å². The summed E-state index contributed by atoms with van der Waals surface area (Å²) >= 11 is 4.90. The molecule has 0 saturated carbocycles. The van der Waals surface area contributed by atoms with Crippen molar-refractivity contribution in [1.29, 1.82) is 0 Å². The molecule has 1 aromatic heterocycles. The van der Waals surface area contributed by atoms with E-state index in [0.29, 0.717) is 12.3 Å². The second kappa shape index (κ2) is 10.4. The second-order valence-corrected chi connectivity index (χ2v) is 8.20. The lowest BCUT2D eigenvalue weighted by Crippen LogP contribution is -2.25. The zero-order chi connectivity index (χ0) is 19.8. The third-order valence-corrected chi connectivity index (χ3v) is 5.69. The molecule has 0 fully saturated rings. The van der Waals surface area contributed by atoms with Gasteiger partial charge in [-0.1, -0.05) is 77.1 Å². The van der Waals surface area contributed by atoms with Crippen molar-refractivity contribution >= 4 is 33.6 Å². The van der Waals surface area contributed by atoms with Crippen LogP contribution in [0.2, 0.25) is 0 Å². The first kappa shape index (κ1) is 20.6. The van der Waals surface area contributed by atoms with E-state index in [2.05, 4.69) is 48.1 Å². The number of amides is 1. The number of rotatable bonds is 9. The van der Waals surface area contributed by atoms with Crippen LogP contribution in [0, 0.1) is 0 Å². The van der Waals surface area contributed by atoms with Crippen molar-refractivity contribution in [2.45, 2.75) is 31.5 Å². The fourth-order valence-corrected chi connectivity index (χ4v) is 3.80. The maximum Gasteiger partial charge on any atom is 0.230 e. The number of carbonyl (C=O) groups excluding carboxylic acids is 1. The zero-order valence-electron chi connectivity index (χ0n) is 15.8. The standard InChI is InChI=1S/C21H23BrN4OS/c1-2-13-23-19(27)15-28-21-25-24-20(17-8-10-18(22)11-9-17)26(21)14-12-16-6-4-3-5-7-16/h3-11H,2,12-15H2,1H3,(H,23,27). The number of thioether (sulfide) groups is 1. The highest BCUT2D eigenvalue weighted by atomic mass is 79.9. The minimum Gasteiger partial charge on any atom is -0.355 e. The fourth-order valence-electron chi connectivity index (χ4n) is 2.74. The van der Waals surface area contributed by atoms with Crippen molar-refractivity contribution < 1.29 is 4.79 Å². The minimum atomic E-state index is 0.0228. The molecule has 0 aliphatic heterocycles. The Morgan fingerprint density at radius 3 is 2.57 bits per heavy atom. The van der Waals surface area contributed by atoms with Crippen LogP contribution in [0.5, 0.6) is 0 Å². The number of nitrogens with zero attached hydrogens (tertiary/aromatic N) is 3. The number of hydrogen-bond donors (Lipinski definition) is 1. The summed E-state index contributed by atoms with van der Waals surface area (Å²) < 4.78 is 3.13. The summed E-state index contributed by atoms with van der Waals surface area (Å²) in [6.45, 7) is 3.49. The predicted octanol–water partition coefficient (Wildman–Crippen LogP) is 4.57. The van der Waals surface area contributed by atoms with Gasteiger partial charge < -0.3 is 9.88 Å². The van der Waals surface area contributed by atoms with Crippen LogP contribution in [-0.4, -0.2) is 33.0 Å². The Balaban J connectivity index is 1.80. The highest BCUT2D eigenvalue weighted by Gasteiger charge is 2.15. The van der Waals surface area contributed by atoms with Crippen LogP contribution in [0.4, 0.5) is 0 Å². The Morgan fingerprint density at radius 2 is 1.86 bits per heavy atom. The molecule has 7 heteroatoms. The van der Waals surface area contributed by atoms with Gasteiger partial charge in [0.15, 0.2) is 11.0 Å². The Hall–Kier alpha value is -2.12. The van der Waals surface area contributed by atoms with Crippen LogP contribution in [0.1, 0.15) is 18.9 Å². The molecule has 0 unspecified atom stereocenters.